The molecule has 1 aromatic carbocycles. The number of anilines is 1. The molecule has 1 saturated heterocycles. The van der Waals surface area contributed by atoms with E-state index in [2.05, 4.69) is 50.6 Å². The average molecular weight is 395 g/mol. The van der Waals surface area contributed by atoms with Crippen LogP contribution in [0.15, 0.2) is 24.7 Å². The molecule has 0 radical (unpaired) electrons. The second-order valence-electron chi connectivity index (χ2n) is 7.75. The fraction of sp³-hybridized carbons (Fsp3) is 0.429. The number of fused-ring (bicyclic) bond motifs is 1. The van der Waals surface area contributed by atoms with Gasteiger partial charge in [-0.3, -0.25) is 4.98 Å². The molecular weight excluding hydrogens is 372 g/mol. The molecule has 0 aliphatic carbocycles. The van der Waals surface area contributed by atoms with Gasteiger partial charge < -0.3 is 9.47 Å². The van der Waals surface area contributed by atoms with Gasteiger partial charge in [0.1, 0.15) is 18.2 Å². The van der Waals surface area contributed by atoms with Crippen LogP contribution in [0.25, 0.3) is 10.9 Å². The molecule has 1 aliphatic rings. The van der Waals surface area contributed by atoms with Crippen molar-refractivity contribution in [3.05, 3.63) is 46.6 Å². The zero-order valence-corrected chi connectivity index (χ0v) is 17.1. The maximum atomic E-state index is 9.74. The monoisotopic (exact) mass is 394 g/mol. The standard InChI is InChI=1S/C21H23ClN6/c1-13(2)28-12-25-26-21(28)15-5-4-6-27(11-15)20-16(9-23)10-24-19-17(20)7-14(3)8-18(19)22/h7-8,10,12-13,15H,4-6,11H2,1-3H3. The molecule has 0 saturated carbocycles. The molecule has 6 nitrogen and oxygen atoms in total. The van der Waals surface area contributed by atoms with E-state index in [0.717, 1.165) is 53.9 Å². The van der Waals surface area contributed by atoms with Crippen LogP contribution in [0.4, 0.5) is 5.69 Å². The van der Waals surface area contributed by atoms with Crippen LogP contribution in [0.2, 0.25) is 5.02 Å². The number of hydrogen-bond donors (Lipinski definition) is 0. The molecule has 0 N–H and O–H groups in total. The summed E-state index contributed by atoms with van der Waals surface area (Å²) < 4.78 is 2.14. The number of nitrogens with zero attached hydrogens (tertiary/aromatic N) is 6. The van der Waals surface area contributed by atoms with Crippen LogP contribution in [0, 0.1) is 18.3 Å². The summed E-state index contributed by atoms with van der Waals surface area (Å²) in [6, 6.07) is 6.63. The second-order valence-corrected chi connectivity index (χ2v) is 8.16. The van der Waals surface area contributed by atoms with E-state index in [1.54, 1.807) is 6.20 Å². The minimum Gasteiger partial charge on any atom is -0.369 e. The number of rotatable bonds is 3. The number of pyridine rings is 1. The summed E-state index contributed by atoms with van der Waals surface area (Å²) in [7, 11) is 0. The van der Waals surface area contributed by atoms with Crippen molar-refractivity contribution in [2.45, 2.75) is 45.6 Å². The highest BCUT2D eigenvalue weighted by Gasteiger charge is 2.28. The maximum absolute atomic E-state index is 9.74. The molecule has 1 aliphatic heterocycles. The van der Waals surface area contributed by atoms with Gasteiger partial charge >= 0.3 is 0 Å². The first-order chi connectivity index (χ1) is 13.5. The van der Waals surface area contributed by atoms with Crippen molar-refractivity contribution in [1.29, 1.82) is 5.26 Å². The Morgan fingerprint density at radius 2 is 2.14 bits per heavy atom. The number of aryl methyl sites for hydroxylation is 1. The molecular formula is C21H23ClN6. The Hall–Kier alpha value is -2.65. The summed E-state index contributed by atoms with van der Waals surface area (Å²) in [5.74, 6) is 1.29. The van der Waals surface area contributed by atoms with Crippen molar-refractivity contribution >= 4 is 28.2 Å². The van der Waals surface area contributed by atoms with E-state index in [1.807, 2.05) is 19.3 Å². The predicted molar refractivity (Wildman–Crippen MR) is 111 cm³/mol. The van der Waals surface area contributed by atoms with Gasteiger partial charge in [-0.1, -0.05) is 11.6 Å². The highest BCUT2D eigenvalue weighted by Crippen LogP contribution is 2.37. The molecule has 1 atom stereocenters. The van der Waals surface area contributed by atoms with E-state index in [9.17, 15) is 5.26 Å². The van der Waals surface area contributed by atoms with E-state index in [-0.39, 0.29) is 5.92 Å². The Labute approximate surface area is 169 Å². The second kappa shape index (κ2) is 7.40. The molecule has 28 heavy (non-hydrogen) atoms. The number of hydrogen-bond acceptors (Lipinski definition) is 5. The highest BCUT2D eigenvalue weighted by atomic mass is 35.5. The van der Waals surface area contributed by atoms with E-state index in [4.69, 9.17) is 11.6 Å². The first-order valence-corrected chi connectivity index (χ1v) is 10.0. The van der Waals surface area contributed by atoms with E-state index >= 15 is 0 Å². The summed E-state index contributed by atoms with van der Waals surface area (Å²) in [6.07, 6.45) is 5.54. The fourth-order valence-corrected chi connectivity index (χ4v) is 4.46. The lowest BCUT2D eigenvalue weighted by Gasteiger charge is -2.35. The highest BCUT2D eigenvalue weighted by molar-refractivity contribution is 6.35. The van der Waals surface area contributed by atoms with E-state index < -0.39 is 0 Å². The number of aromatic nitrogens is 4. The third-order valence-electron chi connectivity index (χ3n) is 5.42. The van der Waals surface area contributed by atoms with Crippen LogP contribution in [0.1, 0.15) is 55.6 Å². The number of benzene rings is 1. The van der Waals surface area contributed by atoms with Gasteiger partial charge in [-0.15, -0.1) is 10.2 Å². The summed E-state index contributed by atoms with van der Waals surface area (Å²) in [6.45, 7) is 7.99. The third-order valence-corrected chi connectivity index (χ3v) is 5.71. The van der Waals surface area contributed by atoms with Crippen molar-refractivity contribution in [3.63, 3.8) is 0 Å². The molecule has 1 fully saturated rings. The number of halogens is 1. The van der Waals surface area contributed by atoms with Crippen LogP contribution in [-0.2, 0) is 0 Å². The van der Waals surface area contributed by atoms with Crippen molar-refractivity contribution in [3.8, 4) is 6.07 Å². The lowest BCUT2D eigenvalue weighted by molar-refractivity contribution is 0.455. The van der Waals surface area contributed by atoms with Crippen LogP contribution >= 0.6 is 11.6 Å². The zero-order valence-electron chi connectivity index (χ0n) is 16.4. The Morgan fingerprint density at radius 1 is 1.32 bits per heavy atom. The molecule has 1 unspecified atom stereocenters. The quantitative estimate of drug-likeness (QED) is 0.647. The summed E-state index contributed by atoms with van der Waals surface area (Å²) in [5, 5.41) is 19.8. The zero-order chi connectivity index (χ0) is 19.8. The van der Waals surface area contributed by atoms with Gasteiger partial charge in [0.25, 0.3) is 0 Å². The summed E-state index contributed by atoms with van der Waals surface area (Å²) in [5.41, 5.74) is 3.32. The molecule has 144 valence electrons. The largest absolute Gasteiger partial charge is 0.369 e. The smallest absolute Gasteiger partial charge is 0.137 e. The molecule has 4 rings (SSSR count). The lowest BCUT2D eigenvalue weighted by Crippen LogP contribution is -2.36. The molecule has 3 heterocycles. The predicted octanol–water partition coefficient (Wildman–Crippen LogP) is 4.62. The molecule has 7 heteroatoms. The van der Waals surface area contributed by atoms with E-state index in [0.29, 0.717) is 16.6 Å². The van der Waals surface area contributed by atoms with Crippen LogP contribution in [0.5, 0.6) is 0 Å². The molecule has 3 aromatic rings. The minimum absolute atomic E-state index is 0.272. The summed E-state index contributed by atoms with van der Waals surface area (Å²) in [4.78, 5) is 6.74. The Morgan fingerprint density at radius 3 is 2.89 bits per heavy atom. The fourth-order valence-electron chi connectivity index (χ4n) is 4.14. The number of piperidine rings is 1. The maximum Gasteiger partial charge on any atom is 0.137 e. The van der Waals surface area contributed by atoms with Crippen molar-refractivity contribution in [2.75, 3.05) is 18.0 Å². The van der Waals surface area contributed by atoms with Gasteiger partial charge in [0.05, 0.1) is 21.8 Å². The molecule has 2 aromatic heterocycles. The van der Waals surface area contributed by atoms with Crippen LogP contribution < -0.4 is 4.90 Å². The topological polar surface area (TPSA) is 70.6 Å². The Kier molecular flexibility index (Phi) is 4.94. The van der Waals surface area contributed by atoms with Crippen LogP contribution in [0.3, 0.4) is 0 Å². The minimum atomic E-state index is 0.272. The first kappa shape index (κ1) is 18.7. The Bertz CT molecular complexity index is 1060. The van der Waals surface area contributed by atoms with Gasteiger partial charge in [0.2, 0.25) is 0 Å². The lowest BCUT2D eigenvalue weighted by atomic mass is 9.95. The molecule has 0 spiro atoms. The van der Waals surface area contributed by atoms with Gasteiger partial charge in [0, 0.05) is 36.6 Å². The molecule has 0 amide bonds. The third kappa shape index (κ3) is 3.20. The van der Waals surface area contributed by atoms with Crippen molar-refractivity contribution in [2.24, 2.45) is 0 Å². The number of nitriles is 1. The first-order valence-electron chi connectivity index (χ1n) is 9.63. The Balaban J connectivity index is 1.79. The molecule has 0 bridgehead atoms. The van der Waals surface area contributed by atoms with Gasteiger partial charge in [-0.2, -0.15) is 5.26 Å². The van der Waals surface area contributed by atoms with Crippen LogP contribution in [-0.4, -0.2) is 32.8 Å². The summed E-state index contributed by atoms with van der Waals surface area (Å²) >= 11 is 6.45. The normalized spacial score (nSPS) is 17.3. The van der Waals surface area contributed by atoms with E-state index in [1.165, 1.54) is 0 Å². The van der Waals surface area contributed by atoms with Gasteiger partial charge in [-0.05, 0) is 51.3 Å². The average Bonchev–Trinajstić information content (AvgIpc) is 3.17. The van der Waals surface area contributed by atoms with Crippen molar-refractivity contribution < 1.29 is 0 Å². The van der Waals surface area contributed by atoms with Gasteiger partial charge in [-0.25, -0.2) is 0 Å². The van der Waals surface area contributed by atoms with Gasteiger partial charge in [0.15, 0.2) is 0 Å². The van der Waals surface area contributed by atoms with Crippen molar-refractivity contribution in [1.82, 2.24) is 19.7 Å². The SMILES string of the molecule is Cc1cc(Cl)c2ncc(C#N)c(N3CCCC(c4nncn4C(C)C)C3)c2c1.